The minimum atomic E-state index is -3.14. The second kappa shape index (κ2) is 5.91. The predicted octanol–water partition coefficient (Wildman–Crippen LogP) is 2.08. The van der Waals surface area contributed by atoms with Crippen LogP contribution in [0.3, 0.4) is 0 Å². The second-order valence-corrected chi connectivity index (χ2v) is 6.37. The average molecular weight is 257 g/mol. The lowest BCUT2D eigenvalue weighted by atomic mass is 10.2. The van der Waals surface area contributed by atoms with Crippen molar-refractivity contribution in [3.63, 3.8) is 0 Å². The van der Waals surface area contributed by atoms with Crippen LogP contribution in [0.5, 0.6) is 5.75 Å². The van der Waals surface area contributed by atoms with E-state index in [4.69, 9.17) is 5.73 Å². The van der Waals surface area contributed by atoms with Crippen molar-refractivity contribution in [1.29, 1.82) is 0 Å². The Kier molecular flexibility index (Phi) is 4.81. The van der Waals surface area contributed by atoms with Gasteiger partial charge in [-0.15, -0.1) is 0 Å². The molecule has 1 aromatic carbocycles. The quantitative estimate of drug-likeness (QED) is 0.604. The number of benzene rings is 1. The van der Waals surface area contributed by atoms with E-state index in [0.717, 1.165) is 12.8 Å². The number of sulfone groups is 1. The highest BCUT2D eigenvalue weighted by atomic mass is 32.2. The Morgan fingerprint density at radius 2 is 2.00 bits per heavy atom. The third-order valence-corrected chi connectivity index (χ3v) is 4.21. The summed E-state index contributed by atoms with van der Waals surface area (Å²) in [7, 11) is -3.14. The van der Waals surface area contributed by atoms with E-state index in [1.165, 1.54) is 6.07 Å². The highest BCUT2D eigenvalue weighted by Crippen LogP contribution is 2.22. The van der Waals surface area contributed by atoms with Crippen LogP contribution < -0.4 is 5.73 Å². The van der Waals surface area contributed by atoms with E-state index in [1.807, 2.05) is 6.92 Å². The largest absolute Gasteiger partial charge is 0.508 e. The molecule has 0 aromatic heterocycles. The van der Waals surface area contributed by atoms with Gasteiger partial charge in [0.25, 0.3) is 0 Å². The van der Waals surface area contributed by atoms with Gasteiger partial charge in [-0.25, -0.2) is 8.42 Å². The molecule has 0 unspecified atom stereocenters. The van der Waals surface area contributed by atoms with Crippen molar-refractivity contribution >= 4 is 15.5 Å². The first-order valence-electron chi connectivity index (χ1n) is 5.72. The van der Waals surface area contributed by atoms with Gasteiger partial charge in [-0.2, -0.15) is 0 Å². The van der Waals surface area contributed by atoms with Crippen LogP contribution in [0.15, 0.2) is 18.2 Å². The zero-order valence-corrected chi connectivity index (χ0v) is 10.8. The summed E-state index contributed by atoms with van der Waals surface area (Å²) < 4.78 is 23.5. The average Bonchev–Trinajstić information content (AvgIpc) is 2.22. The number of rotatable bonds is 6. The molecule has 0 aliphatic rings. The van der Waals surface area contributed by atoms with Gasteiger partial charge in [0.1, 0.15) is 5.75 Å². The molecule has 0 atom stereocenters. The molecule has 3 N–H and O–H groups in total. The second-order valence-electron chi connectivity index (χ2n) is 4.19. The molecule has 0 saturated heterocycles. The number of phenols is 1. The van der Waals surface area contributed by atoms with E-state index >= 15 is 0 Å². The number of anilines is 1. The van der Waals surface area contributed by atoms with Crippen molar-refractivity contribution in [2.75, 3.05) is 11.5 Å². The molecule has 0 saturated carbocycles. The fourth-order valence-corrected chi connectivity index (χ4v) is 3.09. The summed E-state index contributed by atoms with van der Waals surface area (Å²) in [6.07, 6.45) is 2.57. The lowest BCUT2D eigenvalue weighted by Crippen LogP contribution is -2.09. The fourth-order valence-electron chi connectivity index (χ4n) is 1.58. The maximum absolute atomic E-state index is 11.8. The molecule has 0 aliphatic carbocycles. The first kappa shape index (κ1) is 13.8. The monoisotopic (exact) mass is 257 g/mol. The number of hydrogen-bond acceptors (Lipinski definition) is 4. The van der Waals surface area contributed by atoms with Gasteiger partial charge in [-0.05, 0) is 12.5 Å². The molecule has 0 heterocycles. The summed E-state index contributed by atoms with van der Waals surface area (Å²) in [5.41, 5.74) is 6.32. The molecule has 17 heavy (non-hydrogen) atoms. The number of aromatic hydroxyl groups is 1. The standard InChI is InChI=1S/C12H19NO3S/c1-2-3-4-7-17(15,16)9-10-5-6-11(13)8-12(10)14/h5-6,8,14H,2-4,7,9,13H2,1H3. The third-order valence-electron chi connectivity index (χ3n) is 2.54. The van der Waals surface area contributed by atoms with Gasteiger partial charge in [-0.3, -0.25) is 0 Å². The molecule has 1 aromatic rings. The SMILES string of the molecule is CCCCCS(=O)(=O)Cc1ccc(N)cc1O. The lowest BCUT2D eigenvalue weighted by molar-refractivity contribution is 0.470. The zero-order valence-electron chi connectivity index (χ0n) is 10.0. The molecular formula is C12H19NO3S. The van der Waals surface area contributed by atoms with Crippen molar-refractivity contribution in [2.24, 2.45) is 0 Å². The fraction of sp³-hybridized carbons (Fsp3) is 0.500. The Balaban J connectivity index is 2.69. The van der Waals surface area contributed by atoms with Crippen LogP contribution in [0.1, 0.15) is 31.7 Å². The number of nitrogen functional groups attached to an aromatic ring is 1. The number of phenolic OH excluding ortho intramolecular Hbond substituents is 1. The lowest BCUT2D eigenvalue weighted by Gasteiger charge is -2.06. The Bertz CT molecular complexity index is 469. The third kappa shape index (κ3) is 4.65. The highest BCUT2D eigenvalue weighted by Gasteiger charge is 2.14. The van der Waals surface area contributed by atoms with Gasteiger partial charge in [-0.1, -0.05) is 25.8 Å². The Labute approximate surface area is 102 Å². The maximum Gasteiger partial charge on any atom is 0.154 e. The summed E-state index contributed by atoms with van der Waals surface area (Å²) in [6, 6.07) is 4.52. The number of hydrogen-bond donors (Lipinski definition) is 2. The van der Waals surface area contributed by atoms with Crippen LogP contribution in [-0.4, -0.2) is 19.3 Å². The Hall–Kier alpha value is -1.23. The van der Waals surface area contributed by atoms with E-state index in [2.05, 4.69) is 0 Å². The molecule has 0 bridgehead atoms. The molecular weight excluding hydrogens is 238 g/mol. The molecule has 96 valence electrons. The molecule has 1 rings (SSSR count). The van der Waals surface area contributed by atoms with Gasteiger partial charge in [0.15, 0.2) is 9.84 Å². The van der Waals surface area contributed by atoms with E-state index in [-0.39, 0.29) is 17.3 Å². The number of unbranched alkanes of at least 4 members (excludes halogenated alkanes) is 2. The molecule has 4 nitrogen and oxygen atoms in total. The van der Waals surface area contributed by atoms with Crippen LogP contribution in [0.2, 0.25) is 0 Å². The topological polar surface area (TPSA) is 80.4 Å². The minimum absolute atomic E-state index is 0.0518. The van der Waals surface area contributed by atoms with Crippen molar-refractivity contribution in [3.8, 4) is 5.75 Å². The number of nitrogens with two attached hydrogens (primary N) is 1. The smallest absolute Gasteiger partial charge is 0.154 e. The van der Waals surface area contributed by atoms with Crippen LogP contribution in [-0.2, 0) is 15.6 Å². The predicted molar refractivity (Wildman–Crippen MR) is 69.5 cm³/mol. The van der Waals surface area contributed by atoms with Gasteiger partial charge < -0.3 is 10.8 Å². The van der Waals surface area contributed by atoms with Crippen LogP contribution in [0, 0.1) is 0 Å². The summed E-state index contributed by atoms with van der Waals surface area (Å²) in [6.45, 7) is 2.03. The van der Waals surface area contributed by atoms with Crippen molar-refractivity contribution in [1.82, 2.24) is 0 Å². The van der Waals surface area contributed by atoms with Gasteiger partial charge >= 0.3 is 0 Å². The van der Waals surface area contributed by atoms with Gasteiger partial charge in [0.2, 0.25) is 0 Å². The molecule has 0 amide bonds. The molecule has 0 aliphatic heterocycles. The highest BCUT2D eigenvalue weighted by molar-refractivity contribution is 7.90. The molecule has 0 radical (unpaired) electrons. The summed E-state index contributed by atoms with van der Waals surface area (Å²) in [4.78, 5) is 0. The molecule has 0 spiro atoms. The molecule has 5 heteroatoms. The van der Waals surface area contributed by atoms with Gasteiger partial charge in [0, 0.05) is 17.3 Å². The van der Waals surface area contributed by atoms with Crippen LogP contribution in [0.25, 0.3) is 0 Å². The van der Waals surface area contributed by atoms with Crippen molar-refractivity contribution in [2.45, 2.75) is 31.9 Å². The van der Waals surface area contributed by atoms with E-state index in [1.54, 1.807) is 12.1 Å². The van der Waals surface area contributed by atoms with Crippen LogP contribution in [0.4, 0.5) is 5.69 Å². The summed E-state index contributed by atoms with van der Waals surface area (Å²) in [5, 5.41) is 9.58. The first-order chi connectivity index (χ1) is 7.94. The minimum Gasteiger partial charge on any atom is -0.508 e. The molecule has 0 fully saturated rings. The Morgan fingerprint density at radius 3 is 2.59 bits per heavy atom. The van der Waals surface area contributed by atoms with Gasteiger partial charge in [0.05, 0.1) is 11.5 Å². The van der Waals surface area contributed by atoms with E-state index < -0.39 is 9.84 Å². The van der Waals surface area contributed by atoms with Crippen molar-refractivity contribution < 1.29 is 13.5 Å². The summed E-state index contributed by atoms with van der Waals surface area (Å²) in [5.74, 6) is -0.00270. The van der Waals surface area contributed by atoms with Crippen LogP contribution >= 0.6 is 0 Å². The summed E-state index contributed by atoms with van der Waals surface area (Å²) >= 11 is 0. The first-order valence-corrected chi connectivity index (χ1v) is 7.54. The van der Waals surface area contributed by atoms with E-state index in [9.17, 15) is 13.5 Å². The Morgan fingerprint density at radius 1 is 1.29 bits per heavy atom. The zero-order chi connectivity index (χ0) is 12.9. The van der Waals surface area contributed by atoms with E-state index in [0.29, 0.717) is 17.7 Å². The maximum atomic E-state index is 11.8. The van der Waals surface area contributed by atoms with Crippen molar-refractivity contribution in [3.05, 3.63) is 23.8 Å². The normalized spacial score (nSPS) is 11.6.